The van der Waals surface area contributed by atoms with Crippen molar-refractivity contribution in [2.75, 3.05) is 6.61 Å². The van der Waals surface area contributed by atoms with Crippen LogP contribution in [0.15, 0.2) is 12.1 Å². The highest BCUT2D eigenvalue weighted by Crippen LogP contribution is 2.39. The van der Waals surface area contributed by atoms with E-state index in [1.165, 1.54) is 6.42 Å². The number of hydrogen-bond donors (Lipinski definition) is 0. The van der Waals surface area contributed by atoms with Crippen molar-refractivity contribution in [1.82, 2.24) is 0 Å². The predicted molar refractivity (Wildman–Crippen MR) is 65.8 cm³/mol. The summed E-state index contributed by atoms with van der Waals surface area (Å²) in [5, 5.41) is 0. The molecule has 1 nitrogen and oxygen atoms in total. The Hall–Kier alpha value is -1.12. The molecule has 2 aliphatic carbocycles. The maximum Gasteiger partial charge on any atom is 0.200 e. The Kier molecular flexibility index (Phi) is 3.23. The van der Waals surface area contributed by atoms with Crippen molar-refractivity contribution >= 4 is 0 Å². The third kappa shape index (κ3) is 2.11. The van der Waals surface area contributed by atoms with E-state index in [0.717, 1.165) is 32.1 Å². The number of hydrogen-bond acceptors (Lipinski definition) is 1. The van der Waals surface area contributed by atoms with Crippen LogP contribution in [-0.4, -0.2) is 6.61 Å². The quantitative estimate of drug-likeness (QED) is 0.771. The predicted octanol–water partition coefficient (Wildman–Crippen LogP) is 4.41. The van der Waals surface area contributed by atoms with Gasteiger partial charge in [-0.3, -0.25) is 0 Å². The molecule has 0 aliphatic heterocycles. The standard InChI is InChI=1S/C15H18F2O/c16-14-12(11-5-2-6-11)7-8-13(15(14)17)18-9-10-3-1-4-10/h7-8,10-11H,1-6,9H2. The summed E-state index contributed by atoms with van der Waals surface area (Å²) in [6, 6.07) is 3.28. The first-order valence-corrected chi connectivity index (χ1v) is 6.86. The second-order valence-corrected chi connectivity index (χ2v) is 5.52. The lowest BCUT2D eigenvalue weighted by Gasteiger charge is -2.27. The van der Waals surface area contributed by atoms with Crippen LogP contribution in [0, 0.1) is 17.6 Å². The fourth-order valence-corrected chi connectivity index (χ4v) is 2.56. The van der Waals surface area contributed by atoms with Gasteiger partial charge in [-0.15, -0.1) is 0 Å². The van der Waals surface area contributed by atoms with E-state index in [-0.39, 0.29) is 11.7 Å². The van der Waals surface area contributed by atoms with Gasteiger partial charge >= 0.3 is 0 Å². The van der Waals surface area contributed by atoms with Gasteiger partial charge in [0.15, 0.2) is 11.6 Å². The van der Waals surface area contributed by atoms with Crippen molar-refractivity contribution in [1.29, 1.82) is 0 Å². The van der Waals surface area contributed by atoms with Gasteiger partial charge < -0.3 is 4.74 Å². The molecule has 0 spiro atoms. The zero-order valence-electron chi connectivity index (χ0n) is 10.4. The zero-order chi connectivity index (χ0) is 12.5. The Balaban J connectivity index is 1.72. The second-order valence-electron chi connectivity index (χ2n) is 5.52. The van der Waals surface area contributed by atoms with E-state index in [4.69, 9.17) is 4.74 Å². The summed E-state index contributed by atoms with van der Waals surface area (Å²) in [6.07, 6.45) is 6.57. The minimum Gasteiger partial charge on any atom is -0.490 e. The third-order valence-corrected chi connectivity index (χ3v) is 4.32. The summed E-state index contributed by atoms with van der Waals surface area (Å²) < 4.78 is 33.1. The van der Waals surface area contributed by atoms with Crippen molar-refractivity contribution in [2.24, 2.45) is 5.92 Å². The molecule has 3 heteroatoms. The minimum atomic E-state index is -0.807. The molecule has 2 saturated carbocycles. The number of ether oxygens (including phenoxy) is 1. The molecule has 2 aliphatic rings. The van der Waals surface area contributed by atoms with Gasteiger partial charge in [0.05, 0.1) is 6.61 Å². The van der Waals surface area contributed by atoms with E-state index in [1.54, 1.807) is 12.1 Å². The van der Waals surface area contributed by atoms with E-state index < -0.39 is 11.6 Å². The maximum atomic E-state index is 13.9. The lowest BCUT2D eigenvalue weighted by Crippen LogP contribution is -2.20. The fourth-order valence-electron chi connectivity index (χ4n) is 2.56. The van der Waals surface area contributed by atoms with E-state index in [1.807, 2.05) is 0 Å². The van der Waals surface area contributed by atoms with Gasteiger partial charge in [-0.2, -0.15) is 4.39 Å². The Morgan fingerprint density at radius 1 is 1.00 bits per heavy atom. The fraction of sp³-hybridized carbons (Fsp3) is 0.600. The summed E-state index contributed by atoms with van der Waals surface area (Å²) in [5.74, 6) is -0.703. The molecule has 0 N–H and O–H groups in total. The van der Waals surface area contributed by atoms with Crippen LogP contribution in [0.4, 0.5) is 8.78 Å². The van der Waals surface area contributed by atoms with Crippen LogP contribution < -0.4 is 4.74 Å². The Morgan fingerprint density at radius 2 is 1.72 bits per heavy atom. The molecule has 0 radical (unpaired) electrons. The monoisotopic (exact) mass is 252 g/mol. The van der Waals surface area contributed by atoms with Gasteiger partial charge in [0, 0.05) is 0 Å². The molecule has 1 aromatic rings. The first-order valence-electron chi connectivity index (χ1n) is 6.86. The van der Waals surface area contributed by atoms with Gasteiger partial charge in [0.25, 0.3) is 0 Å². The maximum absolute atomic E-state index is 13.9. The molecule has 0 aromatic heterocycles. The van der Waals surface area contributed by atoms with Crippen LogP contribution >= 0.6 is 0 Å². The van der Waals surface area contributed by atoms with Crippen LogP contribution in [0.2, 0.25) is 0 Å². The molecule has 0 saturated heterocycles. The summed E-state index contributed by atoms with van der Waals surface area (Å²) in [5.41, 5.74) is 0.523. The summed E-state index contributed by atoms with van der Waals surface area (Å²) >= 11 is 0. The third-order valence-electron chi connectivity index (χ3n) is 4.32. The van der Waals surface area contributed by atoms with Crippen molar-refractivity contribution in [3.63, 3.8) is 0 Å². The molecule has 18 heavy (non-hydrogen) atoms. The lowest BCUT2D eigenvalue weighted by molar-refractivity contribution is 0.174. The normalized spacial score (nSPS) is 20.3. The Labute approximate surface area is 106 Å². The second kappa shape index (κ2) is 4.87. The van der Waals surface area contributed by atoms with Gasteiger partial charge in [-0.05, 0) is 49.1 Å². The van der Waals surface area contributed by atoms with E-state index in [0.29, 0.717) is 18.1 Å². The number of halogens is 2. The highest BCUT2D eigenvalue weighted by molar-refractivity contribution is 5.33. The molecule has 98 valence electrons. The van der Waals surface area contributed by atoms with Crippen LogP contribution in [0.25, 0.3) is 0 Å². The molecule has 0 unspecified atom stereocenters. The molecule has 3 rings (SSSR count). The topological polar surface area (TPSA) is 9.23 Å². The average molecular weight is 252 g/mol. The Morgan fingerprint density at radius 3 is 2.28 bits per heavy atom. The van der Waals surface area contributed by atoms with Crippen LogP contribution in [-0.2, 0) is 0 Å². The largest absolute Gasteiger partial charge is 0.490 e. The molecule has 1 aromatic carbocycles. The molecule has 0 amide bonds. The Bertz CT molecular complexity index is 436. The highest BCUT2D eigenvalue weighted by atomic mass is 19.2. The first-order chi connectivity index (χ1) is 8.75. The van der Waals surface area contributed by atoms with Crippen molar-refractivity contribution in [3.05, 3.63) is 29.3 Å². The summed E-state index contributed by atoms with van der Waals surface area (Å²) in [7, 11) is 0. The molecule has 2 fully saturated rings. The van der Waals surface area contributed by atoms with E-state index in [2.05, 4.69) is 0 Å². The van der Waals surface area contributed by atoms with Crippen LogP contribution in [0.5, 0.6) is 5.75 Å². The smallest absolute Gasteiger partial charge is 0.200 e. The highest BCUT2D eigenvalue weighted by Gasteiger charge is 2.26. The molecular formula is C15H18F2O. The average Bonchev–Trinajstić information content (AvgIpc) is 2.23. The lowest BCUT2D eigenvalue weighted by atomic mass is 9.80. The van der Waals surface area contributed by atoms with Gasteiger partial charge in [-0.1, -0.05) is 18.9 Å². The molecule has 0 atom stereocenters. The molecule has 0 heterocycles. The van der Waals surface area contributed by atoms with Crippen LogP contribution in [0.3, 0.4) is 0 Å². The zero-order valence-corrected chi connectivity index (χ0v) is 10.4. The van der Waals surface area contributed by atoms with Gasteiger partial charge in [0.1, 0.15) is 0 Å². The summed E-state index contributed by atoms with van der Waals surface area (Å²) in [4.78, 5) is 0. The number of benzene rings is 1. The SMILES string of the molecule is Fc1c(OCC2CCC2)ccc(C2CCC2)c1F. The minimum absolute atomic E-state index is 0.0717. The first kappa shape index (κ1) is 11.9. The van der Waals surface area contributed by atoms with Crippen molar-refractivity contribution in [2.45, 2.75) is 44.4 Å². The van der Waals surface area contributed by atoms with Crippen LogP contribution in [0.1, 0.15) is 50.0 Å². The molecular weight excluding hydrogens is 234 g/mol. The number of rotatable bonds is 4. The molecule has 0 bridgehead atoms. The van der Waals surface area contributed by atoms with Crippen molar-refractivity contribution < 1.29 is 13.5 Å². The summed E-state index contributed by atoms with van der Waals surface area (Å²) in [6.45, 7) is 0.513. The van der Waals surface area contributed by atoms with Gasteiger partial charge in [0.2, 0.25) is 5.82 Å². The van der Waals surface area contributed by atoms with E-state index >= 15 is 0 Å². The van der Waals surface area contributed by atoms with Gasteiger partial charge in [-0.25, -0.2) is 4.39 Å². The van der Waals surface area contributed by atoms with E-state index in [9.17, 15) is 8.78 Å². The van der Waals surface area contributed by atoms with Crippen molar-refractivity contribution in [3.8, 4) is 5.75 Å².